The topological polar surface area (TPSA) is 117 Å². The number of hydrogen-bond acceptors (Lipinski definition) is 4. The second kappa shape index (κ2) is 12.8. The summed E-state index contributed by atoms with van der Waals surface area (Å²) in [7, 11) is 0. The lowest BCUT2D eigenvalue weighted by molar-refractivity contribution is -0.121. The van der Waals surface area contributed by atoms with Gasteiger partial charge in [-0.3, -0.25) is 10.1 Å². The van der Waals surface area contributed by atoms with E-state index in [-0.39, 0.29) is 31.4 Å². The van der Waals surface area contributed by atoms with E-state index in [2.05, 4.69) is 40.2 Å². The number of ether oxygens (including phenoxy) is 1. The van der Waals surface area contributed by atoms with Crippen molar-refractivity contribution in [1.82, 2.24) is 10.6 Å². The van der Waals surface area contributed by atoms with Crippen molar-refractivity contribution in [2.24, 2.45) is 0 Å². The number of alkyl carbamates (subject to hydrolysis) is 1. The van der Waals surface area contributed by atoms with Crippen LogP contribution in [0.1, 0.15) is 34.6 Å². The molecule has 0 aromatic heterocycles. The standard InChI is InChI=1S/C33H31N3O5/c37-31(34-20-23-14-16-24(17-15-23)35-32(38)39)19-25(18-22-8-2-1-3-9-22)36-33(40)41-21-30-28-12-6-4-10-26(28)27-11-5-7-13-29(27)30/h1-17,25,30,35H,18-21H2,(H,34,37)(H,36,40)(H,38,39). The summed E-state index contributed by atoms with van der Waals surface area (Å²) in [6.07, 6.45) is -1.17. The molecule has 8 heteroatoms. The van der Waals surface area contributed by atoms with Gasteiger partial charge in [-0.2, -0.15) is 0 Å². The lowest BCUT2D eigenvalue weighted by atomic mass is 9.98. The molecular weight excluding hydrogens is 518 g/mol. The van der Waals surface area contributed by atoms with Crippen molar-refractivity contribution in [1.29, 1.82) is 0 Å². The van der Waals surface area contributed by atoms with Gasteiger partial charge >= 0.3 is 12.2 Å². The fraction of sp³-hybridized carbons (Fsp3) is 0.182. The van der Waals surface area contributed by atoms with Crippen molar-refractivity contribution in [3.8, 4) is 11.1 Å². The molecule has 4 aromatic rings. The molecule has 1 aliphatic rings. The van der Waals surface area contributed by atoms with Crippen LogP contribution in [0.3, 0.4) is 0 Å². The van der Waals surface area contributed by atoms with Gasteiger partial charge in [0.25, 0.3) is 0 Å². The van der Waals surface area contributed by atoms with Crippen LogP contribution in [0.2, 0.25) is 0 Å². The molecule has 41 heavy (non-hydrogen) atoms. The number of hydrogen-bond donors (Lipinski definition) is 4. The Labute approximate surface area is 238 Å². The molecule has 8 nitrogen and oxygen atoms in total. The van der Waals surface area contributed by atoms with Crippen molar-refractivity contribution in [2.75, 3.05) is 11.9 Å². The van der Waals surface area contributed by atoms with Gasteiger partial charge in [-0.1, -0.05) is 91.0 Å². The highest BCUT2D eigenvalue weighted by Crippen LogP contribution is 2.44. The maximum atomic E-state index is 13.0. The second-order valence-electron chi connectivity index (χ2n) is 9.96. The highest BCUT2D eigenvalue weighted by atomic mass is 16.5. The Kier molecular flexibility index (Phi) is 8.59. The molecular formula is C33H31N3O5. The molecule has 1 unspecified atom stereocenters. The summed E-state index contributed by atoms with van der Waals surface area (Å²) in [5.74, 6) is -0.279. The monoisotopic (exact) mass is 549 g/mol. The molecule has 3 amide bonds. The van der Waals surface area contributed by atoms with E-state index in [4.69, 9.17) is 9.84 Å². The summed E-state index contributed by atoms with van der Waals surface area (Å²) in [6, 6.07) is 32.3. The number of amides is 3. The van der Waals surface area contributed by atoms with E-state index in [0.717, 1.165) is 33.4 Å². The van der Waals surface area contributed by atoms with Gasteiger partial charge in [0.15, 0.2) is 0 Å². The summed E-state index contributed by atoms with van der Waals surface area (Å²) in [5.41, 5.74) is 6.83. The van der Waals surface area contributed by atoms with E-state index in [1.165, 1.54) is 0 Å². The minimum absolute atomic E-state index is 0.0545. The van der Waals surface area contributed by atoms with Crippen LogP contribution < -0.4 is 16.0 Å². The summed E-state index contributed by atoms with van der Waals surface area (Å²) < 4.78 is 5.73. The van der Waals surface area contributed by atoms with Gasteiger partial charge in [0.1, 0.15) is 6.61 Å². The number of rotatable bonds is 10. The highest BCUT2D eigenvalue weighted by Gasteiger charge is 2.29. The van der Waals surface area contributed by atoms with E-state index in [9.17, 15) is 14.4 Å². The highest BCUT2D eigenvalue weighted by molar-refractivity contribution is 5.83. The van der Waals surface area contributed by atoms with Gasteiger partial charge in [0.2, 0.25) is 5.91 Å². The number of benzene rings is 4. The molecule has 1 atom stereocenters. The molecule has 0 spiro atoms. The molecule has 0 radical (unpaired) electrons. The third-order valence-electron chi connectivity index (χ3n) is 7.12. The van der Waals surface area contributed by atoms with Gasteiger partial charge in [-0.05, 0) is 51.9 Å². The van der Waals surface area contributed by atoms with Crippen LogP contribution >= 0.6 is 0 Å². The van der Waals surface area contributed by atoms with Crippen LogP contribution in [0.15, 0.2) is 103 Å². The number of carboxylic acid groups (broad SMARTS) is 1. The van der Waals surface area contributed by atoms with Gasteiger partial charge in [-0.25, -0.2) is 9.59 Å². The Morgan fingerprint density at radius 3 is 2.00 bits per heavy atom. The van der Waals surface area contributed by atoms with Gasteiger partial charge in [-0.15, -0.1) is 0 Å². The SMILES string of the molecule is O=C(O)Nc1ccc(CNC(=O)CC(Cc2ccccc2)NC(=O)OCC2c3ccccc3-c3ccccc32)cc1. The van der Waals surface area contributed by atoms with E-state index < -0.39 is 18.2 Å². The number of fused-ring (bicyclic) bond motifs is 3. The maximum absolute atomic E-state index is 13.0. The normalized spacial score (nSPS) is 12.5. The molecule has 4 N–H and O–H groups in total. The third-order valence-corrected chi connectivity index (χ3v) is 7.12. The van der Waals surface area contributed by atoms with Crippen LogP contribution in [0.4, 0.5) is 15.3 Å². The first-order valence-electron chi connectivity index (χ1n) is 13.5. The Bertz CT molecular complexity index is 1480. The lowest BCUT2D eigenvalue weighted by Crippen LogP contribution is -2.41. The molecule has 0 aliphatic heterocycles. The maximum Gasteiger partial charge on any atom is 0.409 e. The van der Waals surface area contributed by atoms with Crippen LogP contribution in [0, 0.1) is 0 Å². The summed E-state index contributed by atoms with van der Waals surface area (Å²) in [6.45, 7) is 0.464. The number of anilines is 1. The molecule has 1 aliphatic carbocycles. The summed E-state index contributed by atoms with van der Waals surface area (Å²) >= 11 is 0. The molecule has 0 bridgehead atoms. The zero-order valence-electron chi connectivity index (χ0n) is 22.4. The summed E-state index contributed by atoms with van der Waals surface area (Å²) in [5, 5.41) is 16.9. The first-order valence-corrected chi connectivity index (χ1v) is 13.5. The van der Waals surface area contributed by atoms with Crippen molar-refractivity contribution in [3.05, 3.63) is 125 Å². The molecule has 5 rings (SSSR count). The van der Waals surface area contributed by atoms with Crippen molar-refractivity contribution in [2.45, 2.75) is 31.3 Å². The Morgan fingerprint density at radius 1 is 0.756 bits per heavy atom. The molecule has 0 saturated heterocycles. The fourth-order valence-corrected chi connectivity index (χ4v) is 5.21. The average Bonchev–Trinajstić information content (AvgIpc) is 3.29. The van der Waals surface area contributed by atoms with Gasteiger partial charge in [0, 0.05) is 30.6 Å². The predicted molar refractivity (Wildman–Crippen MR) is 157 cm³/mol. The average molecular weight is 550 g/mol. The third kappa shape index (κ3) is 7.10. The molecule has 0 heterocycles. The first kappa shape index (κ1) is 27.5. The number of carbonyl (C=O) groups excluding carboxylic acids is 2. The Hall–Kier alpha value is -5.11. The van der Waals surface area contributed by atoms with E-state index in [1.54, 1.807) is 24.3 Å². The quantitative estimate of drug-likeness (QED) is 0.196. The smallest absolute Gasteiger partial charge is 0.409 e. The zero-order valence-corrected chi connectivity index (χ0v) is 22.4. The van der Waals surface area contributed by atoms with Crippen molar-refractivity contribution in [3.63, 3.8) is 0 Å². The number of nitrogens with one attached hydrogen (secondary N) is 3. The van der Waals surface area contributed by atoms with Gasteiger partial charge < -0.3 is 20.5 Å². The van der Waals surface area contributed by atoms with Crippen LogP contribution in [-0.4, -0.2) is 35.8 Å². The predicted octanol–water partition coefficient (Wildman–Crippen LogP) is 5.93. The van der Waals surface area contributed by atoms with E-state index >= 15 is 0 Å². The second-order valence-corrected chi connectivity index (χ2v) is 9.96. The van der Waals surface area contributed by atoms with E-state index in [1.807, 2.05) is 54.6 Å². The molecule has 208 valence electrons. The fourth-order valence-electron chi connectivity index (χ4n) is 5.21. The van der Waals surface area contributed by atoms with Gasteiger partial charge in [0.05, 0.1) is 0 Å². The Balaban J connectivity index is 1.19. The minimum Gasteiger partial charge on any atom is -0.465 e. The Morgan fingerprint density at radius 2 is 1.37 bits per heavy atom. The first-order chi connectivity index (χ1) is 20.0. The van der Waals surface area contributed by atoms with Crippen LogP contribution in [0.25, 0.3) is 11.1 Å². The van der Waals surface area contributed by atoms with Crippen molar-refractivity contribution >= 4 is 23.8 Å². The summed E-state index contributed by atoms with van der Waals surface area (Å²) in [4.78, 5) is 36.6. The molecule has 0 fully saturated rings. The minimum atomic E-state index is -1.14. The van der Waals surface area contributed by atoms with E-state index in [0.29, 0.717) is 12.1 Å². The number of carbonyl (C=O) groups is 3. The largest absolute Gasteiger partial charge is 0.465 e. The molecule has 0 saturated carbocycles. The lowest BCUT2D eigenvalue weighted by Gasteiger charge is -2.20. The zero-order chi connectivity index (χ0) is 28.6. The van der Waals surface area contributed by atoms with Crippen LogP contribution in [-0.2, 0) is 22.5 Å². The van der Waals surface area contributed by atoms with Crippen molar-refractivity contribution < 1.29 is 24.2 Å². The van der Waals surface area contributed by atoms with Crippen LogP contribution in [0.5, 0.6) is 0 Å². The molecule has 4 aromatic carbocycles.